The Hall–Kier alpha value is -2.20. The number of ketones is 1. The second kappa shape index (κ2) is 6.99. The molecule has 4 heteroatoms. The summed E-state index contributed by atoms with van der Waals surface area (Å²) in [4.78, 5) is 16.7. The van der Waals surface area contributed by atoms with E-state index in [-0.39, 0.29) is 24.3 Å². The zero-order valence-electron chi connectivity index (χ0n) is 12.3. The van der Waals surface area contributed by atoms with Gasteiger partial charge in [0.1, 0.15) is 5.75 Å². The van der Waals surface area contributed by atoms with Gasteiger partial charge in [0.15, 0.2) is 5.78 Å². The molecular weight excluding hydrogens is 264 g/mol. The van der Waals surface area contributed by atoms with Crippen LogP contribution in [0, 0.1) is 0 Å². The SMILES string of the molecule is CC(C)Oc1cncc(C(=O)C(CN)c2ccccc2)c1. The van der Waals surface area contributed by atoms with E-state index >= 15 is 0 Å². The van der Waals surface area contributed by atoms with Crippen LogP contribution in [-0.4, -0.2) is 23.4 Å². The lowest BCUT2D eigenvalue weighted by Gasteiger charge is -2.15. The number of nitrogens with two attached hydrogens (primary N) is 1. The van der Waals surface area contributed by atoms with Crippen molar-refractivity contribution >= 4 is 5.78 Å². The standard InChI is InChI=1S/C17H20N2O2/c1-12(2)21-15-8-14(10-19-11-15)17(20)16(9-18)13-6-4-3-5-7-13/h3-8,10-12,16H,9,18H2,1-2H3. The van der Waals surface area contributed by atoms with Crippen molar-refractivity contribution in [3.05, 3.63) is 59.9 Å². The van der Waals surface area contributed by atoms with Crippen LogP contribution in [0.15, 0.2) is 48.8 Å². The van der Waals surface area contributed by atoms with Crippen LogP contribution in [-0.2, 0) is 0 Å². The second-order valence-corrected chi connectivity index (χ2v) is 5.14. The quantitative estimate of drug-likeness (QED) is 0.828. The molecule has 4 nitrogen and oxygen atoms in total. The molecule has 1 aromatic carbocycles. The molecule has 0 aliphatic heterocycles. The predicted octanol–water partition coefficient (Wildman–Crippen LogP) is 2.79. The number of Topliss-reactive ketones (excluding diaryl/α,β-unsaturated/α-hetero) is 1. The number of aromatic nitrogens is 1. The molecule has 0 saturated carbocycles. The maximum atomic E-state index is 12.6. The van der Waals surface area contributed by atoms with Gasteiger partial charge in [0, 0.05) is 18.3 Å². The second-order valence-electron chi connectivity index (χ2n) is 5.14. The van der Waals surface area contributed by atoms with Gasteiger partial charge in [-0.15, -0.1) is 0 Å². The molecule has 1 heterocycles. The number of hydrogen-bond acceptors (Lipinski definition) is 4. The summed E-state index contributed by atoms with van der Waals surface area (Å²) in [6.07, 6.45) is 3.20. The van der Waals surface area contributed by atoms with E-state index in [0.29, 0.717) is 11.3 Å². The van der Waals surface area contributed by atoms with E-state index in [0.717, 1.165) is 5.56 Å². The van der Waals surface area contributed by atoms with Gasteiger partial charge in [-0.25, -0.2) is 0 Å². The smallest absolute Gasteiger partial charge is 0.173 e. The summed E-state index contributed by atoms with van der Waals surface area (Å²) in [5.41, 5.74) is 7.23. The third-order valence-electron chi connectivity index (χ3n) is 3.12. The van der Waals surface area contributed by atoms with Crippen molar-refractivity contribution in [1.29, 1.82) is 0 Å². The van der Waals surface area contributed by atoms with Gasteiger partial charge >= 0.3 is 0 Å². The average molecular weight is 284 g/mol. The van der Waals surface area contributed by atoms with Crippen molar-refractivity contribution in [3.8, 4) is 5.75 Å². The van der Waals surface area contributed by atoms with Gasteiger partial charge in [0.25, 0.3) is 0 Å². The minimum absolute atomic E-state index is 0.0367. The molecule has 0 saturated heterocycles. The van der Waals surface area contributed by atoms with Crippen molar-refractivity contribution in [3.63, 3.8) is 0 Å². The molecule has 1 unspecified atom stereocenters. The number of carbonyl (C=O) groups excluding carboxylic acids is 1. The Labute approximate surface area is 125 Å². The largest absolute Gasteiger partial charge is 0.489 e. The molecule has 1 atom stereocenters. The van der Waals surface area contributed by atoms with Crippen molar-refractivity contribution < 1.29 is 9.53 Å². The summed E-state index contributed by atoms with van der Waals surface area (Å²) in [7, 11) is 0. The fraction of sp³-hybridized carbons (Fsp3) is 0.294. The van der Waals surface area contributed by atoms with Crippen LogP contribution in [0.2, 0.25) is 0 Å². The molecule has 0 aliphatic carbocycles. The summed E-state index contributed by atoms with van der Waals surface area (Å²) >= 11 is 0. The number of nitrogens with zero attached hydrogens (tertiary/aromatic N) is 1. The minimum atomic E-state index is -0.359. The molecule has 0 fully saturated rings. The van der Waals surface area contributed by atoms with Crippen molar-refractivity contribution in [2.24, 2.45) is 5.73 Å². The van der Waals surface area contributed by atoms with Gasteiger partial charge in [0.2, 0.25) is 0 Å². The summed E-state index contributed by atoms with van der Waals surface area (Å²) in [6, 6.07) is 11.3. The van der Waals surface area contributed by atoms with Crippen LogP contribution in [0.3, 0.4) is 0 Å². The van der Waals surface area contributed by atoms with E-state index in [1.807, 2.05) is 44.2 Å². The number of pyridine rings is 1. The van der Waals surface area contributed by atoms with Crippen LogP contribution >= 0.6 is 0 Å². The molecule has 110 valence electrons. The van der Waals surface area contributed by atoms with Gasteiger partial charge in [0.05, 0.1) is 18.2 Å². The lowest BCUT2D eigenvalue weighted by atomic mass is 9.91. The molecule has 0 bridgehead atoms. The van der Waals surface area contributed by atoms with Crippen LogP contribution < -0.4 is 10.5 Å². The Morgan fingerprint density at radius 1 is 1.24 bits per heavy atom. The molecule has 2 aromatic rings. The normalized spacial score (nSPS) is 12.2. The zero-order chi connectivity index (χ0) is 15.2. The fourth-order valence-electron chi connectivity index (χ4n) is 2.17. The average Bonchev–Trinajstić information content (AvgIpc) is 2.48. The lowest BCUT2D eigenvalue weighted by Crippen LogP contribution is -2.22. The number of rotatable bonds is 6. The Morgan fingerprint density at radius 2 is 1.95 bits per heavy atom. The first kappa shape index (κ1) is 15.2. The molecule has 0 amide bonds. The van der Waals surface area contributed by atoms with Crippen molar-refractivity contribution in [2.45, 2.75) is 25.9 Å². The van der Waals surface area contributed by atoms with E-state index in [2.05, 4.69) is 4.98 Å². The first-order valence-corrected chi connectivity index (χ1v) is 7.02. The molecule has 2 N–H and O–H groups in total. The van der Waals surface area contributed by atoms with E-state index in [1.165, 1.54) is 0 Å². The van der Waals surface area contributed by atoms with Gasteiger partial charge in [-0.3, -0.25) is 9.78 Å². The van der Waals surface area contributed by atoms with E-state index in [4.69, 9.17) is 10.5 Å². The lowest BCUT2D eigenvalue weighted by molar-refractivity contribution is 0.0961. The highest BCUT2D eigenvalue weighted by Crippen LogP contribution is 2.22. The zero-order valence-corrected chi connectivity index (χ0v) is 12.3. The van der Waals surface area contributed by atoms with Crippen LogP contribution in [0.4, 0.5) is 0 Å². The Balaban J connectivity index is 2.26. The van der Waals surface area contributed by atoms with Crippen LogP contribution in [0.25, 0.3) is 0 Å². The third-order valence-corrected chi connectivity index (χ3v) is 3.12. The van der Waals surface area contributed by atoms with Gasteiger partial charge in [-0.2, -0.15) is 0 Å². The van der Waals surface area contributed by atoms with E-state index in [9.17, 15) is 4.79 Å². The first-order chi connectivity index (χ1) is 10.1. The number of benzene rings is 1. The van der Waals surface area contributed by atoms with Gasteiger partial charge in [-0.1, -0.05) is 30.3 Å². The Morgan fingerprint density at radius 3 is 2.57 bits per heavy atom. The molecule has 0 aliphatic rings. The minimum Gasteiger partial charge on any atom is -0.489 e. The van der Waals surface area contributed by atoms with Crippen molar-refractivity contribution in [1.82, 2.24) is 4.98 Å². The molecule has 2 rings (SSSR count). The van der Waals surface area contributed by atoms with E-state index in [1.54, 1.807) is 18.5 Å². The maximum Gasteiger partial charge on any atom is 0.173 e. The topological polar surface area (TPSA) is 65.2 Å². The third kappa shape index (κ3) is 3.89. The molecule has 0 spiro atoms. The van der Waals surface area contributed by atoms with Gasteiger partial charge in [-0.05, 0) is 25.5 Å². The monoisotopic (exact) mass is 284 g/mol. The number of hydrogen-bond donors (Lipinski definition) is 1. The molecule has 21 heavy (non-hydrogen) atoms. The molecule has 1 aromatic heterocycles. The van der Waals surface area contributed by atoms with Crippen molar-refractivity contribution in [2.75, 3.05) is 6.54 Å². The highest BCUT2D eigenvalue weighted by atomic mass is 16.5. The number of ether oxygens (including phenoxy) is 1. The summed E-state index contributed by atoms with van der Waals surface area (Å²) in [6.45, 7) is 4.13. The molecular formula is C17H20N2O2. The summed E-state index contributed by atoms with van der Waals surface area (Å²) < 4.78 is 5.58. The predicted molar refractivity (Wildman–Crippen MR) is 82.6 cm³/mol. The maximum absolute atomic E-state index is 12.6. The Bertz CT molecular complexity index is 597. The summed E-state index contributed by atoms with van der Waals surface area (Å²) in [5, 5.41) is 0. The van der Waals surface area contributed by atoms with E-state index < -0.39 is 0 Å². The number of carbonyl (C=O) groups is 1. The Kier molecular flexibility index (Phi) is 5.06. The highest BCUT2D eigenvalue weighted by molar-refractivity contribution is 6.01. The first-order valence-electron chi connectivity index (χ1n) is 7.02. The van der Waals surface area contributed by atoms with Crippen LogP contribution in [0.1, 0.15) is 35.7 Å². The van der Waals surface area contributed by atoms with Gasteiger partial charge < -0.3 is 10.5 Å². The fourth-order valence-corrected chi connectivity index (χ4v) is 2.17. The highest BCUT2D eigenvalue weighted by Gasteiger charge is 2.21. The molecule has 0 radical (unpaired) electrons. The van der Waals surface area contributed by atoms with Crippen LogP contribution in [0.5, 0.6) is 5.75 Å². The summed E-state index contributed by atoms with van der Waals surface area (Å²) in [5.74, 6) is 0.201.